The fourth-order valence-electron chi connectivity index (χ4n) is 2.21. The maximum atomic E-state index is 5.36. The minimum Gasteiger partial charge on any atom is -0.360 e. The lowest BCUT2D eigenvalue weighted by atomic mass is 10.2. The second-order valence-corrected chi connectivity index (χ2v) is 5.45. The zero-order chi connectivity index (χ0) is 12.3. The Kier molecular flexibility index (Phi) is 4.18. The molecule has 17 heavy (non-hydrogen) atoms. The average molecular weight is 237 g/mol. The van der Waals surface area contributed by atoms with Crippen molar-refractivity contribution in [3.8, 4) is 0 Å². The normalized spacial score (nSPS) is 21.5. The van der Waals surface area contributed by atoms with Crippen LogP contribution in [0.15, 0.2) is 10.6 Å². The molecular weight excluding hydrogens is 214 g/mol. The van der Waals surface area contributed by atoms with E-state index in [1.165, 1.54) is 19.5 Å². The van der Waals surface area contributed by atoms with Gasteiger partial charge in [0.15, 0.2) is 5.76 Å². The van der Waals surface area contributed by atoms with Gasteiger partial charge in [0.2, 0.25) is 0 Å². The lowest BCUT2D eigenvalue weighted by molar-refractivity contribution is 0.266. The van der Waals surface area contributed by atoms with E-state index in [1.54, 1.807) is 0 Å². The smallest absolute Gasteiger partial charge is 0.151 e. The van der Waals surface area contributed by atoms with Crippen molar-refractivity contribution in [2.75, 3.05) is 13.1 Å². The maximum Gasteiger partial charge on any atom is 0.151 e. The van der Waals surface area contributed by atoms with Crippen molar-refractivity contribution < 1.29 is 4.52 Å². The molecule has 0 aliphatic carbocycles. The average Bonchev–Trinajstić information content (AvgIpc) is 2.86. The van der Waals surface area contributed by atoms with Gasteiger partial charge in [0, 0.05) is 25.2 Å². The van der Waals surface area contributed by atoms with E-state index in [9.17, 15) is 0 Å². The van der Waals surface area contributed by atoms with Crippen LogP contribution in [-0.4, -0.2) is 29.2 Å². The first-order valence-corrected chi connectivity index (χ1v) is 6.53. The molecule has 1 saturated heterocycles. The SMILES string of the molecule is CC1CCN(Cc2cc(CNC(C)C)no2)C1. The van der Waals surface area contributed by atoms with Crippen molar-refractivity contribution in [2.45, 2.75) is 46.3 Å². The van der Waals surface area contributed by atoms with Crippen LogP contribution in [0.25, 0.3) is 0 Å². The molecule has 1 atom stereocenters. The molecule has 0 bridgehead atoms. The molecule has 1 unspecified atom stereocenters. The summed E-state index contributed by atoms with van der Waals surface area (Å²) in [5, 5.41) is 7.42. The first-order chi connectivity index (χ1) is 8.13. The van der Waals surface area contributed by atoms with Gasteiger partial charge in [0.25, 0.3) is 0 Å². The Morgan fingerprint density at radius 3 is 3.06 bits per heavy atom. The minimum absolute atomic E-state index is 0.481. The Balaban J connectivity index is 1.81. The highest BCUT2D eigenvalue weighted by molar-refractivity contribution is 5.05. The van der Waals surface area contributed by atoms with Crippen molar-refractivity contribution in [1.29, 1.82) is 0 Å². The van der Waals surface area contributed by atoms with Gasteiger partial charge in [0.05, 0.1) is 12.2 Å². The van der Waals surface area contributed by atoms with Gasteiger partial charge < -0.3 is 9.84 Å². The van der Waals surface area contributed by atoms with Gasteiger partial charge >= 0.3 is 0 Å². The molecule has 1 aliphatic rings. The van der Waals surface area contributed by atoms with E-state index < -0.39 is 0 Å². The zero-order valence-corrected chi connectivity index (χ0v) is 11.1. The molecule has 1 fully saturated rings. The summed E-state index contributed by atoms with van der Waals surface area (Å²) in [5.41, 5.74) is 1.00. The van der Waals surface area contributed by atoms with Crippen molar-refractivity contribution >= 4 is 0 Å². The Bertz CT molecular complexity index is 348. The highest BCUT2D eigenvalue weighted by Crippen LogP contribution is 2.18. The van der Waals surface area contributed by atoms with E-state index in [0.717, 1.165) is 30.5 Å². The first kappa shape index (κ1) is 12.6. The van der Waals surface area contributed by atoms with Crippen molar-refractivity contribution in [2.24, 2.45) is 5.92 Å². The van der Waals surface area contributed by atoms with Crippen LogP contribution in [0.2, 0.25) is 0 Å². The molecule has 2 rings (SSSR count). The Hall–Kier alpha value is -0.870. The van der Waals surface area contributed by atoms with Gasteiger partial charge in [-0.1, -0.05) is 25.9 Å². The summed E-state index contributed by atoms with van der Waals surface area (Å²) in [6.45, 7) is 10.6. The summed E-state index contributed by atoms with van der Waals surface area (Å²) < 4.78 is 5.36. The van der Waals surface area contributed by atoms with Gasteiger partial charge in [-0.25, -0.2) is 0 Å². The molecule has 1 aliphatic heterocycles. The van der Waals surface area contributed by atoms with Gasteiger partial charge in [0.1, 0.15) is 0 Å². The second-order valence-electron chi connectivity index (χ2n) is 5.45. The standard InChI is InChI=1S/C13H23N3O/c1-10(2)14-7-12-6-13(17-15-12)9-16-5-4-11(3)8-16/h6,10-11,14H,4-5,7-9H2,1-3H3. The van der Waals surface area contributed by atoms with E-state index >= 15 is 0 Å². The number of likely N-dealkylation sites (tertiary alicyclic amines) is 1. The third-order valence-electron chi connectivity index (χ3n) is 3.19. The molecule has 4 nitrogen and oxygen atoms in total. The molecular formula is C13H23N3O. The predicted molar refractivity (Wildman–Crippen MR) is 67.5 cm³/mol. The summed E-state index contributed by atoms with van der Waals surface area (Å²) in [5.74, 6) is 1.81. The topological polar surface area (TPSA) is 41.3 Å². The Morgan fingerprint density at radius 1 is 1.59 bits per heavy atom. The molecule has 0 amide bonds. The lowest BCUT2D eigenvalue weighted by Gasteiger charge is -2.11. The number of nitrogens with one attached hydrogen (secondary N) is 1. The van der Waals surface area contributed by atoms with Crippen LogP contribution in [-0.2, 0) is 13.1 Å². The van der Waals surface area contributed by atoms with Crippen LogP contribution in [0, 0.1) is 5.92 Å². The molecule has 96 valence electrons. The fourth-order valence-corrected chi connectivity index (χ4v) is 2.21. The summed E-state index contributed by atoms with van der Waals surface area (Å²) in [6.07, 6.45) is 1.30. The number of hydrogen-bond acceptors (Lipinski definition) is 4. The molecule has 1 N–H and O–H groups in total. The van der Waals surface area contributed by atoms with Gasteiger partial charge in [-0.2, -0.15) is 0 Å². The minimum atomic E-state index is 0.481. The van der Waals surface area contributed by atoms with Crippen LogP contribution in [0.3, 0.4) is 0 Å². The largest absolute Gasteiger partial charge is 0.360 e. The van der Waals surface area contributed by atoms with Crippen molar-refractivity contribution in [3.05, 3.63) is 17.5 Å². The fraction of sp³-hybridized carbons (Fsp3) is 0.769. The van der Waals surface area contributed by atoms with Crippen LogP contribution >= 0.6 is 0 Å². The molecule has 0 spiro atoms. The summed E-state index contributed by atoms with van der Waals surface area (Å²) >= 11 is 0. The summed E-state index contributed by atoms with van der Waals surface area (Å²) in [7, 11) is 0. The van der Waals surface area contributed by atoms with E-state index in [1.807, 2.05) is 0 Å². The van der Waals surface area contributed by atoms with Crippen LogP contribution in [0.5, 0.6) is 0 Å². The lowest BCUT2D eigenvalue weighted by Crippen LogP contribution is -2.22. The summed E-state index contributed by atoms with van der Waals surface area (Å²) in [6, 6.07) is 2.55. The molecule has 4 heteroatoms. The third-order valence-corrected chi connectivity index (χ3v) is 3.19. The second kappa shape index (κ2) is 5.65. The van der Waals surface area contributed by atoms with E-state index in [4.69, 9.17) is 4.52 Å². The van der Waals surface area contributed by atoms with Gasteiger partial charge in [-0.15, -0.1) is 0 Å². The van der Waals surface area contributed by atoms with Crippen molar-refractivity contribution in [1.82, 2.24) is 15.4 Å². The Morgan fingerprint density at radius 2 is 2.41 bits per heavy atom. The van der Waals surface area contributed by atoms with Crippen LogP contribution in [0.4, 0.5) is 0 Å². The zero-order valence-electron chi connectivity index (χ0n) is 11.1. The van der Waals surface area contributed by atoms with Gasteiger partial charge in [-0.05, 0) is 18.9 Å². The maximum absolute atomic E-state index is 5.36. The third kappa shape index (κ3) is 3.82. The van der Waals surface area contributed by atoms with Crippen LogP contribution < -0.4 is 5.32 Å². The van der Waals surface area contributed by atoms with E-state index in [-0.39, 0.29) is 0 Å². The highest BCUT2D eigenvalue weighted by atomic mass is 16.5. The number of aromatic nitrogens is 1. The highest BCUT2D eigenvalue weighted by Gasteiger charge is 2.19. The molecule has 0 saturated carbocycles. The summed E-state index contributed by atoms with van der Waals surface area (Å²) in [4.78, 5) is 2.44. The van der Waals surface area contributed by atoms with Crippen LogP contribution in [0.1, 0.15) is 38.6 Å². The molecule has 1 aromatic rings. The quantitative estimate of drug-likeness (QED) is 0.850. The van der Waals surface area contributed by atoms with Crippen molar-refractivity contribution in [3.63, 3.8) is 0 Å². The molecule has 0 radical (unpaired) electrons. The van der Waals surface area contributed by atoms with E-state index in [0.29, 0.717) is 6.04 Å². The first-order valence-electron chi connectivity index (χ1n) is 6.53. The molecule has 1 aromatic heterocycles. The number of rotatable bonds is 5. The molecule has 0 aromatic carbocycles. The van der Waals surface area contributed by atoms with Gasteiger partial charge in [-0.3, -0.25) is 4.90 Å². The van der Waals surface area contributed by atoms with E-state index in [2.05, 4.69) is 42.2 Å². The number of hydrogen-bond donors (Lipinski definition) is 1. The monoisotopic (exact) mass is 237 g/mol. The molecule has 2 heterocycles. The predicted octanol–water partition coefficient (Wildman–Crippen LogP) is 2.01. The number of nitrogens with zero attached hydrogens (tertiary/aromatic N) is 2. The Labute approximate surface area is 103 Å².